The summed E-state index contributed by atoms with van der Waals surface area (Å²) in [6, 6.07) is 8.64. The first kappa shape index (κ1) is 17.3. The topological polar surface area (TPSA) is 12.5 Å². The quantitative estimate of drug-likeness (QED) is 0.603. The number of likely N-dealkylation sites (tertiary alicyclic amines) is 1. The lowest BCUT2D eigenvalue weighted by Gasteiger charge is -2.19. The molecule has 1 aliphatic rings. The van der Waals surface area contributed by atoms with Crippen LogP contribution in [-0.4, -0.2) is 31.1 Å². The number of hydrogen-bond acceptors (Lipinski definition) is 2. The maximum Gasteiger partial charge on any atom is 0.119 e. The second-order valence-electron chi connectivity index (χ2n) is 6.41. The van der Waals surface area contributed by atoms with Crippen LogP contribution >= 0.6 is 0 Å². The molecule has 22 heavy (non-hydrogen) atoms. The van der Waals surface area contributed by atoms with Crippen molar-refractivity contribution in [2.45, 2.75) is 57.8 Å². The normalized spacial score (nSPS) is 16.4. The van der Waals surface area contributed by atoms with Gasteiger partial charge in [-0.25, -0.2) is 0 Å². The van der Waals surface area contributed by atoms with E-state index in [9.17, 15) is 0 Å². The van der Waals surface area contributed by atoms with Crippen LogP contribution in [0.25, 0.3) is 0 Å². The van der Waals surface area contributed by atoms with E-state index in [2.05, 4.69) is 36.1 Å². The zero-order chi connectivity index (χ0) is 15.5. The van der Waals surface area contributed by atoms with Crippen molar-refractivity contribution < 1.29 is 4.74 Å². The van der Waals surface area contributed by atoms with Crippen LogP contribution in [-0.2, 0) is 6.42 Å². The van der Waals surface area contributed by atoms with E-state index in [4.69, 9.17) is 4.74 Å². The molecule has 0 atom stereocenters. The number of rotatable bonds is 9. The SMILES string of the molecule is [CH2]CCCCc1ccc(OCCCN2CCCCCC2)cc1. The molecule has 1 aliphatic heterocycles. The van der Waals surface area contributed by atoms with E-state index in [0.717, 1.165) is 31.6 Å². The van der Waals surface area contributed by atoms with Gasteiger partial charge in [-0.3, -0.25) is 0 Å². The fourth-order valence-electron chi connectivity index (χ4n) is 3.10. The van der Waals surface area contributed by atoms with Crippen LogP contribution in [0.1, 0.15) is 56.9 Å². The third-order valence-corrected chi connectivity index (χ3v) is 4.47. The standard InChI is InChI=1S/C20H32NO/c1-2-3-6-10-19-11-13-20(14-12-19)22-18-9-17-21-15-7-4-5-8-16-21/h11-14H,1-10,15-18H2. The highest BCUT2D eigenvalue weighted by Crippen LogP contribution is 2.15. The van der Waals surface area contributed by atoms with Crippen LogP contribution in [0.15, 0.2) is 24.3 Å². The predicted molar refractivity (Wildman–Crippen MR) is 94.4 cm³/mol. The highest BCUT2D eigenvalue weighted by molar-refractivity contribution is 5.27. The van der Waals surface area contributed by atoms with Gasteiger partial charge in [-0.05, 0) is 62.9 Å². The van der Waals surface area contributed by atoms with E-state index in [1.165, 1.54) is 63.7 Å². The van der Waals surface area contributed by atoms with Crippen LogP contribution in [0.3, 0.4) is 0 Å². The van der Waals surface area contributed by atoms with Crippen LogP contribution in [0.5, 0.6) is 5.75 Å². The van der Waals surface area contributed by atoms with Crippen molar-refractivity contribution in [2.24, 2.45) is 0 Å². The second-order valence-corrected chi connectivity index (χ2v) is 6.41. The van der Waals surface area contributed by atoms with Gasteiger partial charge >= 0.3 is 0 Å². The van der Waals surface area contributed by atoms with Gasteiger partial charge in [0.05, 0.1) is 6.61 Å². The molecule has 0 bridgehead atoms. The Labute approximate surface area is 136 Å². The molecule has 1 aromatic carbocycles. The number of aryl methyl sites for hydroxylation is 1. The molecule has 0 aliphatic carbocycles. The van der Waals surface area contributed by atoms with Gasteiger partial charge < -0.3 is 9.64 Å². The van der Waals surface area contributed by atoms with E-state index >= 15 is 0 Å². The molecule has 0 unspecified atom stereocenters. The van der Waals surface area contributed by atoms with Gasteiger partial charge in [-0.1, -0.05) is 44.7 Å². The van der Waals surface area contributed by atoms with Crippen molar-refractivity contribution in [1.29, 1.82) is 0 Å². The lowest BCUT2D eigenvalue weighted by molar-refractivity contribution is 0.240. The van der Waals surface area contributed by atoms with Crippen molar-refractivity contribution in [3.63, 3.8) is 0 Å². The van der Waals surface area contributed by atoms with Gasteiger partial charge in [0.1, 0.15) is 5.75 Å². The summed E-state index contributed by atoms with van der Waals surface area (Å²) in [4.78, 5) is 2.60. The summed E-state index contributed by atoms with van der Waals surface area (Å²) in [5, 5.41) is 0. The summed E-state index contributed by atoms with van der Waals surface area (Å²) >= 11 is 0. The Morgan fingerprint density at radius 1 is 0.909 bits per heavy atom. The summed E-state index contributed by atoms with van der Waals surface area (Å²) in [7, 11) is 0. The lowest BCUT2D eigenvalue weighted by atomic mass is 10.1. The average Bonchev–Trinajstić information content (AvgIpc) is 2.82. The first-order valence-corrected chi connectivity index (χ1v) is 9.12. The van der Waals surface area contributed by atoms with Crippen LogP contribution < -0.4 is 4.74 Å². The summed E-state index contributed by atoms with van der Waals surface area (Å²) < 4.78 is 5.87. The van der Waals surface area contributed by atoms with Crippen molar-refractivity contribution in [1.82, 2.24) is 4.90 Å². The third kappa shape index (κ3) is 6.83. The van der Waals surface area contributed by atoms with E-state index in [1.807, 2.05) is 0 Å². The molecule has 123 valence electrons. The molecule has 0 amide bonds. The fourth-order valence-corrected chi connectivity index (χ4v) is 3.10. The molecule has 1 heterocycles. The van der Waals surface area contributed by atoms with Gasteiger partial charge in [0.25, 0.3) is 0 Å². The highest BCUT2D eigenvalue weighted by atomic mass is 16.5. The molecule has 1 radical (unpaired) electrons. The summed E-state index contributed by atoms with van der Waals surface area (Å²) in [5.41, 5.74) is 1.41. The first-order chi connectivity index (χ1) is 10.9. The largest absolute Gasteiger partial charge is 0.494 e. The summed E-state index contributed by atoms with van der Waals surface area (Å²) in [6.45, 7) is 8.46. The Balaban J connectivity index is 1.60. The minimum absolute atomic E-state index is 0.831. The van der Waals surface area contributed by atoms with Gasteiger partial charge in [-0.2, -0.15) is 0 Å². The Bertz CT molecular complexity index is 379. The zero-order valence-electron chi connectivity index (χ0n) is 14.1. The smallest absolute Gasteiger partial charge is 0.119 e. The lowest BCUT2D eigenvalue weighted by Crippen LogP contribution is -2.26. The molecule has 0 saturated carbocycles. The third-order valence-electron chi connectivity index (χ3n) is 4.47. The van der Waals surface area contributed by atoms with E-state index < -0.39 is 0 Å². The fraction of sp³-hybridized carbons (Fsp3) is 0.650. The molecule has 2 rings (SSSR count). The maximum absolute atomic E-state index is 5.87. The molecule has 1 aromatic rings. The van der Waals surface area contributed by atoms with Crippen LogP contribution in [0, 0.1) is 6.92 Å². The van der Waals surface area contributed by atoms with Gasteiger partial charge in [-0.15, -0.1) is 0 Å². The number of benzene rings is 1. The maximum atomic E-state index is 5.87. The first-order valence-electron chi connectivity index (χ1n) is 9.12. The molecule has 2 nitrogen and oxygen atoms in total. The molecule has 0 N–H and O–H groups in total. The molecular formula is C20H32NO. The van der Waals surface area contributed by atoms with Crippen molar-refractivity contribution in [3.05, 3.63) is 36.8 Å². The Hall–Kier alpha value is -1.02. The van der Waals surface area contributed by atoms with E-state index in [0.29, 0.717) is 0 Å². The number of ether oxygens (including phenoxy) is 1. The highest BCUT2D eigenvalue weighted by Gasteiger charge is 2.08. The van der Waals surface area contributed by atoms with Gasteiger partial charge in [0, 0.05) is 6.54 Å². The summed E-state index contributed by atoms with van der Waals surface area (Å²) in [6.07, 6.45) is 11.3. The Kier molecular flexibility index (Phi) is 8.40. The number of unbranched alkanes of at least 4 members (excludes halogenated alkanes) is 2. The zero-order valence-corrected chi connectivity index (χ0v) is 14.1. The Morgan fingerprint density at radius 3 is 2.32 bits per heavy atom. The molecular weight excluding hydrogens is 270 g/mol. The minimum atomic E-state index is 0.831. The number of hydrogen-bond donors (Lipinski definition) is 0. The van der Waals surface area contributed by atoms with Crippen LogP contribution in [0.4, 0.5) is 0 Å². The van der Waals surface area contributed by atoms with E-state index in [1.54, 1.807) is 0 Å². The second kappa shape index (κ2) is 10.7. The minimum Gasteiger partial charge on any atom is -0.494 e. The van der Waals surface area contributed by atoms with Crippen LogP contribution in [0.2, 0.25) is 0 Å². The van der Waals surface area contributed by atoms with Crippen molar-refractivity contribution >= 4 is 0 Å². The van der Waals surface area contributed by atoms with Crippen molar-refractivity contribution in [3.8, 4) is 5.75 Å². The molecule has 1 saturated heterocycles. The van der Waals surface area contributed by atoms with Crippen molar-refractivity contribution in [2.75, 3.05) is 26.2 Å². The van der Waals surface area contributed by atoms with E-state index in [-0.39, 0.29) is 0 Å². The number of nitrogens with zero attached hydrogens (tertiary/aromatic N) is 1. The Morgan fingerprint density at radius 2 is 1.64 bits per heavy atom. The average molecular weight is 302 g/mol. The molecule has 0 spiro atoms. The molecule has 1 fully saturated rings. The van der Waals surface area contributed by atoms with Gasteiger partial charge in [0.15, 0.2) is 0 Å². The molecule has 0 aromatic heterocycles. The molecule has 2 heteroatoms. The predicted octanol–water partition coefficient (Wildman–Crippen LogP) is 4.88. The monoisotopic (exact) mass is 302 g/mol. The van der Waals surface area contributed by atoms with Gasteiger partial charge in [0.2, 0.25) is 0 Å². The summed E-state index contributed by atoms with van der Waals surface area (Å²) in [5.74, 6) is 1.01.